The first kappa shape index (κ1) is 16.5. The number of aliphatic imine (C=N–C) groups is 1. The van der Waals surface area contributed by atoms with Gasteiger partial charge in [-0.25, -0.2) is 4.98 Å². The van der Waals surface area contributed by atoms with Crippen LogP contribution in [0.1, 0.15) is 38.2 Å². The highest BCUT2D eigenvalue weighted by Crippen LogP contribution is 2.40. The Balaban J connectivity index is 1.50. The highest BCUT2D eigenvalue weighted by molar-refractivity contribution is 6.08. The van der Waals surface area contributed by atoms with Gasteiger partial charge in [-0.1, -0.05) is 6.07 Å². The Hall–Kier alpha value is -2.01. The van der Waals surface area contributed by atoms with E-state index in [1.54, 1.807) is 6.92 Å². The average Bonchev–Trinajstić information content (AvgIpc) is 2.99. The van der Waals surface area contributed by atoms with E-state index >= 15 is 0 Å². The first-order chi connectivity index (χ1) is 12.0. The molecule has 3 aliphatic rings. The van der Waals surface area contributed by atoms with Crippen molar-refractivity contribution in [3.63, 3.8) is 0 Å². The molecule has 0 bridgehead atoms. The molecule has 1 aromatic rings. The molecule has 0 spiro atoms. The summed E-state index contributed by atoms with van der Waals surface area (Å²) < 4.78 is 0. The van der Waals surface area contributed by atoms with Crippen LogP contribution >= 0.6 is 0 Å². The van der Waals surface area contributed by atoms with Gasteiger partial charge in [0.25, 0.3) is 0 Å². The van der Waals surface area contributed by atoms with Gasteiger partial charge in [-0.3, -0.25) is 9.79 Å². The molecule has 0 radical (unpaired) electrons. The summed E-state index contributed by atoms with van der Waals surface area (Å²) in [6.07, 6.45) is 4.55. The zero-order valence-electron chi connectivity index (χ0n) is 15.0. The topological polar surface area (TPSA) is 65.8 Å². The Morgan fingerprint density at radius 3 is 2.80 bits per heavy atom. The van der Waals surface area contributed by atoms with Gasteiger partial charge in [0.15, 0.2) is 0 Å². The van der Waals surface area contributed by atoms with Crippen LogP contribution in [0.3, 0.4) is 0 Å². The van der Waals surface area contributed by atoms with Crippen LogP contribution < -0.4 is 4.90 Å². The fourth-order valence-electron chi connectivity index (χ4n) is 4.60. The molecule has 5 heteroatoms. The molecule has 1 unspecified atom stereocenters. The fourth-order valence-corrected chi connectivity index (χ4v) is 4.60. The second kappa shape index (κ2) is 6.06. The van der Waals surface area contributed by atoms with Crippen molar-refractivity contribution >= 4 is 17.3 Å². The maximum atomic E-state index is 11.9. The molecular weight excluding hydrogens is 314 g/mol. The molecule has 5 nitrogen and oxygen atoms in total. The van der Waals surface area contributed by atoms with Crippen LogP contribution in [0.4, 0.5) is 5.82 Å². The standard InChI is InChI=1S/C20H25N3O2/c1-13-4-3-7-21-19(13)23-8-5-14(6-9-23)18-17-15(12-22-18)10-16(24)11-20(17,2)25/h3-4,7,14,25H,5-6,8-12H2,1-2H3. The minimum atomic E-state index is -1.05. The lowest BCUT2D eigenvalue weighted by Crippen LogP contribution is -2.42. The normalized spacial score (nSPS) is 27.6. The van der Waals surface area contributed by atoms with Gasteiger partial charge in [-0.2, -0.15) is 0 Å². The summed E-state index contributed by atoms with van der Waals surface area (Å²) in [5, 5.41) is 10.8. The predicted molar refractivity (Wildman–Crippen MR) is 98.1 cm³/mol. The number of nitrogens with zero attached hydrogens (tertiary/aromatic N) is 3. The Morgan fingerprint density at radius 2 is 2.08 bits per heavy atom. The van der Waals surface area contributed by atoms with Gasteiger partial charge in [0, 0.05) is 49.3 Å². The van der Waals surface area contributed by atoms with Gasteiger partial charge in [0.1, 0.15) is 11.6 Å². The number of aromatic nitrogens is 1. The van der Waals surface area contributed by atoms with Crippen LogP contribution in [0.5, 0.6) is 0 Å². The summed E-state index contributed by atoms with van der Waals surface area (Å²) in [6.45, 7) is 6.36. The second-order valence-electron chi connectivity index (χ2n) is 7.75. The van der Waals surface area contributed by atoms with Gasteiger partial charge in [0.05, 0.1) is 12.1 Å². The van der Waals surface area contributed by atoms with Crippen molar-refractivity contribution in [3.05, 3.63) is 35.0 Å². The Kier molecular flexibility index (Phi) is 3.99. The van der Waals surface area contributed by atoms with Gasteiger partial charge in [-0.15, -0.1) is 0 Å². The molecule has 1 fully saturated rings. The van der Waals surface area contributed by atoms with Gasteiger partial charge >= 0.3 is 0 Å². The number of carbonyl (C=O) groups excluding carboxylic acids is 1. The molecule has 1 N–H and O–H groups in total. The fraction of sp³-hybridized carbons (Fsp3) is 0.550. The number of hydrogen-bond donors (Lipinski definition) is 1. The van der Waals surface area contributed by atoms with Crippen molar-refractivity contribution < 1.29 is 9.90 Å². The number of aryl methyl sites for hydroxylation is 1. The maximum Gasteiger partial charge on any atom is 0.140 e. The Bertz CT molecular complexity index is 771. The minimum Gasteiger partial charge on any atom is -0.385 e. The number of piperidine rings is 1. The number of aliphatic hydroxyl groups is 1. The summed E-state index contributed by atoms with van der Waals surface area (Å²) in [4.78, 5) is 23.5. The van der Waals surface area contributed by atoms with E-state index in [4.69, 9.17) is 4.99 Å². The molecule has 1 atom stereocenters. The summed E-state index contributed by atoms with van der Waals surface area (Å²) in [7, 11) is 0. The van der Waals surface area contributed by atoms with Crippen LogP contribution in [0.2, 0.25) is 0 Å². The SMILES string of the molecule is Cc1cccnc1N1CCC(C2=NCC3=C2C(C)(O)CC(=O)C3)CC1. The number of Topliss-reactive ketones (excluding diaryl/α,β-unsaturated/α-hetero) is 1. The third-order valence-electron chi connectivity index (χ3n) is 5.70. The molecule has 3 heterocycles. The minimum absolute atomic E-state index is 0.126. The van der Waals surface area contributed by atoms with E-state index in [-0.39, 0.29) is 12.2 Å². The first-order valence-electron chi connectivity index (χ1n) is 9.13. The summed E-state index contributed by atoms with van der Waals surface area (Å²) in [5.41, 5.74) is 3.23. The second-order valence-corrected chi connectivity index (χ2v) is 7.75. The highest BCUT2D eigenvalue weighted by atomic mass is 16.3. The van der Waals surface area contributed by atoms with Crippen LogP contribution in [0.25, 0.3) is 0 Å². The van der Waals surface area contributed by atoms with Crippen LogP contribution in [0, 0.1) is 12.8 Å². The van der Waals surface area contributed by atoms with Crippen molar-refractivity contribution in [1.82, 2.24) is 4.98 Å². The predicted octanol–water partition coefficient (Wildman–Crippen LogP) is 2.47. The van der Waals surface area contributed by atoms with E-state index in [1.807, 2.05) is 12.3 Å². The third-order valence-corrected chi connectivity index (χ3v) is 5.70. The number of pyridine rings is 1. The molecule has 4 rings (SSSR count). The number of carbonyl (C=O) groups is 1. The van der Waals surface area contributed by atoms with Crippen LogP contribution in [0.15, 0.2) is 34.5 Å². The molecule has 132 valence electrons. The average molecular weight is 339 g/mol. The van der Waals surface area contributed by atoms with Gasteiger partial charge < -0.3 is 10.0 Å². The highest BCUT2D eigenvalue weighted by Gasteiger charge is 2.43. The van der Waals surface area contributed by atoms with Crippen LogP contribution in [-0.2, 0) is 4.79 Å². The van der Waals surface area contributed by atoms with E-state index < -0.39 is 5.60 Å². The molecule has 1 aromatic heterocycles. The largest absolute Gasteiger partial charge is 0.385 e. The number of ketones is 1. The van der Waals surface area contributed by atoms with Crippen molar-refractivity contribution in [2.45, 2.75) is 45.1 Å². The maximum absolute atomic E-state index is 11.9. The van der Waals surface area contributed by atoms with E-state index in [9.17, 15) is 9.90 Å². The summed E-state index contributed by atoms with van der Waals surface area (Å²) >= 11 is 0. The molecular formula is C20H25N3O2. The van der Waals surface area contributed by atoms with E-state index in [0.29, 0.717) is 18.9 Å². The number of rotatable bonds is 2. The zero-order valence-corrected chi connectivity index (χ0v) is 15.0. The van der Waals surface area contributed by atoms with Crippen LogP contribution in [-0.4, -0.2) is 46.8 Å². The van der Waals surface area contributed by atoms with Crippen molar-refractivity contribution in [1.29, 1.82) is 0 Å². The van der Waals surface area contributed by atoms with Crippen molar-refractivity contribution in [2.75, 3.05) is 24.5 Å². The molecule has 1 saturated heterocycles. The van der Waals surface area contributed by atoms with Crippen molar-refractivity contribution in [2.24, 2.45) is 10.9 Å². The molecule has 0 saturated carbocycles. The molecule has 0 amide bonds. The summed E-state index contributed by atoms with van der Waals surface area (Å²) in [5.74, 6) is 1.57. The lowest BCUT2D eigenvalue weighted by Gasteiger charge is -2.37. The quantitative estimate of drug-likeness (QED) is 0.899. The molecule has 25 heavy (non-hydrogen) atoms. The summed E-state index contributed by atoms with van der Waals surface area (Å²) in [6, 6.07) is 4.07. The van der Waals surface area contributed by atoms with Gasteiger partial charge in [0.2, 0.25) is 0 Å². The lowest BCUT2D eigenvalue weighted by molar-refractivity contribution is -0.122. The van der Waals surface area contributed by atoms with E-state index in [2.05, 4.69) is 22.9 Å². The monoisotopic (exact) mass is 339 g/mol. The van der Waals surface area contributed by atoms with Gasteiger partial charge in [-0.05, 0) is 43.9 Å². The third kappa shape index (κ3) is 2.91. The van der Waals surface area contributed by atoms with E-state index in [1.165, 1.54) is 5.56 Å². The van der Waals surface area contributed by atoms with E-state index in [0.717, 1.165) is 48.6 Å². The first-order valence-corrected chi connectivity index (χ1v) is 9.13. The Morgan fingerprint density at radius 1 is 1.32 bits per heavy atom. The molecule has 0 aromatic carbocycles. The number of anilines is 1. The lowest BCUT2D eigenvalue weighted by atomic mass is 9.74. The molecule has 2 aliphatic heterocycles. The molecule has 1 aliphatic carbocycles. The Labute approximate surface area is 148 Å². The smallest absolute Gasteiger partial charge is 0.140 e. The zero-order chi connectivity index (χ0) is 17.6. The number of hydrogen-bond acceptors (Lipinski definition) is 5. The van der Waals surface area contributed by atoms with Crippen molar-refractivity contribution in [3.8, 4) is 0 Å².